The molecule has 0 atom stereocenters. The molecule has 0 aromatic heterocycles. The Labute approximate surface area is 194 Å². The molecule has 3 rings (SSSR count). The van der Waals surface area contributed by atoms with Crippen molar-refractivity contribution >= 4 is 46.5 Å². The van der Waals surface area contributed by atoms with Crippen LogP contribution >= 0.6 is 11.8 Å². The van der Waals surface area contributed by atoms with E-state index in [0.29, 0.717) is 23.0 Å². The van der Waals surface area contributed by atoms with Crippen LogP contribution in [0.25, 0.3) is 6.08 Å². The Morgan fingerprint density at radius 3 is 2.48 bits per heavy atom. The molecule has 3 amide bonds. The highest BCUT2D eigenvalue weighted by molar-refractivity contribution is 8.18. The molecule has 1 saturated heterocycles. The highest BCUT2D eigenvalue weighted by atomic mass is 32.2. The fourth-order valence-corrected chi connectivity index (χ4v) is 4.09. The Kier molecular flexibility index (Phi) is 7.39. The lowest BCUT2D eigenvalue weighted by Gasteiger charge is -2.13. The van der Waals surface area contributed by atoms with Gasteiger partial charge in [0.05, 0.1) is 12.0 Å². The number of rotatable bonds is 8. The summed E-state index contributed by atoms with van der Waals surface area (Å²) in [5.74, 6) is -1.91. The number of thioether (sulfide) groups is 1. The van der Waals surface area contributed by atoms with Gasteiger partial charge in [-0.1, -0.05) is 18.2 Å². The standard InChI is InChI=1S/C23H22N2O7S/c1-13-7-14(2)9-16(8-13)24-19(26)11-25-22(29)18(33-23(25)30)10-15-5-4-6-17(31-3)21(15)32-12-20(27)28/h4-10H,11-12H2,1-3H3,(H,24,26)(H,27,28)/b18-10+. The molecule has 0 radical (unpaired) electrons. The Bertz CT molecular complexity index is 1140. The molecule has 9 nitrogen and oxygen atoms in total. The van der Waals surface area contributed by atoms with Gasteiger partial charge in [0.1, 0.15) is 6.54 Å². The van der Waals surface area contributed by atoms with E-state index in [2.05, 4.69) is 5.32 Å². The van der Waals surface area contributed by atoms with Crippen LogP contribution in [0.5, 0.6) is 11.5 Å². The molecular weight excluding hydrogens is 448 g/mol. The van der Waals surface area contributed by atoms with Crippen LogP contribution in [0, 0.1) is 13.8 Å². The summed E-state index contributed by atoms with van der Waals surface area (Å²) in [6, 6.07) is 10.4. The highest BCUT2D eigenvalue weighted by Crippen LogP contribution is 2.37. The van der Waals surface area contributed by atoms with Crippen LogP contribution in [-0.4, -0.2) is 53.3 Å². The Balaban J connectivity index is 1.78. The van der Waals surface area contributed by atoms with Gasteiger partial charge in [-0.25, -0.2) is 4.79 Å². The van der Waals surface area contributed by atoms with Crippen molar-refractivity contribution in [1.82, 2.24) is 4.90 Å². The number of anilines is 1. The number of carbonyl (C=O) groups is 4. The zero-order valence-electron chi connectivity index (χ0n) is 18.2. The SMILES string of the molecule is COc1cccc(/C=C2/SC(=O)N(CC(=O)Nc3cc(C)cc(C)c3)C2=O)c1OCC(=O)O. The van der Waals surface area contributed by atoms with Crippen LogP contribution in [0.2, 0.25) is 0 Å². The largest absolute Gasteiger partial charge is 0.493 e. The van der Waals surface area contributed by atoms with Crippen LogP contribution in [0.4, 0.5) is 10.5 Å². The lowest BCUT2D eigenvalue weighted by atomic mass is 10.1. The van der Waals surface area contributed by atoms with Gasteiger partial charge in [0.25, 0.3) is 11.1 Å². The van der Waals surface area contributed by atoms with Crippen LogP contribution in [0.1, 0.15) is 16.7 Å². The number of aliphatic carboxylic acids is 1. The normalized spacial score (nSPS) is 14.5. The monoisotopic (exact) mass is 470 g/mol. The molecule has 172 valence electrons. The second-order valence-electron chi connectivity index (χ2n) is 7.25. The van der Waals surface area contributed by atoms with Crippen molar-refractivity contribution in [1.29, 1.82) is 0 Å². The molecule has 1 aliphatic heterocycles. The van der Waals surface area contributed by atoms with E-state index in [1.165, 1.54) is 13.2 Å². The number of carbonyl (C=O) groups excluding carboxylic acids is 3. The van der Waals surface area contributed by atoms with Gasteiger partial charge in [-0.2, -0.15) is 0 Å². The second-order valence-corrected chi connectivity index (χ2v) is 8.25. The van der Waals surface area contributed by atoms with Gasteiger partial charge >= 0.3 is 5.97 Å². The first-order chi connectivity index (χ1) is 15.7. The number of hydrogen-bond acceptors (Lipinski definition) is 7. The minimum atomic E-state index is -1.18. The predicted molar refractivity (Wildman–Crippen MR) is 123 cm³/mol. The number of aryl methyl sites for hydroxylation is 2. The summed E-state index contributed by atoms with van der Waals surface area (Å²) in [4.78, 5) is 49.5. The van der Waals surface area contributed by atoms with Gasteiger partial charge in [-0.3, -0.25) is 19.3 Å². The van der Waals surface area contributed by atoms with Crippen molar-refractivity contribution in [3.05, 3.63) is 58.0 Å². The van der Waals surface area contributed by atoms with Crippen molar-refractivity contribution in [2.24, 2.45) is 0 Å². The number of methoxy groups -OCH3 is 1. The third-order valence-corrected chi connectivity index (χ3v) is 5.44. The lowest BCUT2D eigenvalue weighted by molar-refractivity contribution is -0.139. The number of carboxylic acids is 1. The van der Waals surface area contributed by atoms with Gasteiger partial charge in [0.2, 0.25) is 5.91 Å². The zero-order chi connectivity index (χ0) is 24.1. The quantitative estimate of drug-likeness (QED) is 0.563. The van der Waals surface area contributed by atoms with Crippen LogP contribution < -0.4 is 14.8 Å². The molecule has 0 spiro atoms. The molecule has 10 heteroatoms. The Morgan fingerprint density at radius 1 is 1.15 bits per heavy atom. The smallest absolute Gasteiger partial charge is 0.341 e. The van der Waals surface area contributed by atoms with Crippen LogP contribution in [0.3, 0.4) is 0 Å². The number of para-hydroxylation sites is 1. The summed E-state index contributed by atoms with van der Waals surface area (Å²) >= 11 is 0.682. The number of nitrogens with zero attached hydrogens (tertiary/aromatic N) is 1. The average Bonchev–Trinajstić information content (AvgIpc) is 2.99. The van der Waals surface area contributed by atoms with E-state index in [1.54, 1.807) is 30.3 Å². The summed E-state index contributed by atoms with van der Waals surface area (Å²) in [5, 5.41) is 11.0. The number of carboxylic acid groups (broad SMARTS) is 1. The highest BCUT2D eigenvalue weighted by Gasteiger charge is 2.36. The van der Waals surface area contributed by atoms with Gasteiger partial charge < -0.3 is 19.9 Å². The molecule has 1 aliphatic rings. The molecule has 33 heavy (non-hydrogen) atoms. The molecule has 0 aliphatic carbocycles. The van der Waals surface area contributed by atoms with Crippen molar-refractivity contribution in [2.45, 2.75) is 13.8 Å². The fraction of sp³-hybridized carbons (Fsp3) is 0.217. The number of ether oxygens (including phenoxy) is 2. The van der Waals surface area contributed by atoms with Crippen molar-refractivity contribution in [3.63, 3.8) is 0 Å². The third-order valence-electron chi connectivity index (χ3n) is 4.54. The minimum absolute atomic E-state index is 0.0765. The average molecular weight is 471 g/mol. The van der Waals surface area contributed by atoms with Crippen LogP contribution in [0.15, 0.2) is 41.3 Å². The van der Waals surface area contributed by atoms with Crippen molar-refractivity contribution < 1.29 is 33.8 Å². The van der Waals surface area contributed by atoms with Crippen molar-refractivity contribution in [2.75, 3.05) is 25.6 Å². The van der Waals surface area contributed by atoms with E-state index in [1.807, 2.05) is 19.9 Å². The van der Waals surface area contributed by atoms with Gasteiger partial charge in [0.15, 0.2) is 18.1 Å². The number of hydrogen-bond donors (Lipinski definition) is 2. The molecule has 0 saturated carbocycles. The number of nitrogens with one attached hydrogen (secondary N) is 1. The summed E-state index contributed by atoms with van der Waals surface area (Å²) in [5.41, 5.74) is 2.88. The number of benzene rings is 2. The maximum absolute atomic E-state index is 12.8. The third kappa shape index (κ3) is 5.92. The summed E-state index contributed by atoms with van der Waals surface area (Å²) < 4.78 is 10.5. The Hall–Kier alpha value is -3.79. The summed E-state index contributed by atoms with van der Waals surface area (Å²) in [7, 11) is 1.40. The fourth-order valence-electron chi connectivity index (χ4n) is 3.26. The first-order valence-electron chi connectivity index (χ1n) is 9.83. The molecular formula is C23H22N2O7S. The molecule has 2 N–H and O–H groups in total. The maximum Gasteiger partial charge on any atom is 0.341 e. The first-order valence-corrected chi connectivity index (χ1v) is 10.6. The molecule has 1 fully saturated rings. The lowest BCUT2D eigenvalue weighted by Crippen LogP contribution is -2.36. The van der Waals surface area contributed by atoms with Gasteiger partial charge in [-0.15, -0.1) is 0 Å². The summed E-state index contributed by atoms with van der Waals surface area (Å²) in [6.07, 6.45) is 1.41. The first kappa shape index (κ1) is 23.9. The maximum atomic E-state index is 12.8. The van der Waals surface area contributed by atoms with Crippen molar-refractivity contribution in [3.8, 4) is 11.5 Å². The Morgan fingerprint density at radius 2 is 1.85 bits per heavy atom. The topological polar surface area (TPSA) is 122 Å². The predicted octanol–water partition coefficient (Wildman–Crippen LogP) is 3.45. The molecule has 2 aromatic carbocycles. The molecule has 0 unspecified atom stereocenters. The zero-order valence-corrected chi connectivity index (χ0v) is 19.0. The number of amides is 3. The van der Waals surface area contributed by atoms with Gasteiger partial charge in [0, 0.05) is 11.3 Å². The van der Waals surface area contributed by atoms with E-state index in [0.717, 1.165) is 16.0 Å². The summed E-state index contributed by atoms with van der Waals surface area (Å²) in [6.45, 7) is 2.75. The van der Waals surface area contributed by atoms with E-state index >= 15 is 0 Å². The van der Waals surface area contributed by atoms with Gasteiger partial charge in [-0.05, 0) is 61.0 Å². The second kappa shape index (κ2) is 10.2. The van der Waals surface area contributed by atoms with E-state index in [-0.39, 0.29) is 16.4 Å². The molecule has 2 aromatic rings. The number of imide groups is 1. The minimum Gasteiger partial charge on any atom is -0.493 e. The van der Waals surface area contributed by atoms with E-state index < -0.39 is 36.2 Å². The van der Waals surface area contributed by atoms with E-state index in [4.69, 9.17) is 14.6 Å². The molecule has 0 bridgehead atoms. The van der Waals surface area contributed by atoms with Crippen LogP contribution in [-0.2, 0) is 14.4 Å². The molecule has 1 heterocycles. The van der Waals surface area contributed by atoms with E-state index in [9.17, 15) is 19.2 Å².